The van der Waals surface area contributed by atoms with E-state index in [1.54, 1.807) is 11.7 Å². The Hall–Kier alpha value is -2.06. The largest absolute Gasteiger partial charge is 0.385 e. The van der Waals surface area contributed by atoms with E-state index in [-0.39, 0.29) is 11.6 Å². The van der Waals surface area contributed by atoms with Gasteiger partial charge in [-0.3, -0.25) is 9.36 Å². The van der Waals surface area contributed by atoms with Crippen LogP contribution in [0.5, 0.6) is 0 Å². The second kappa shape index (κ2) is 9.05. The molecule has 0 spiro atoms. The van der Waals surface area contributed by atoms with E-state index >= 15 is 0 Å². The number of nitrogens with one attached hydrogen (secondary N) is 1. The molecule has 0 aliphatic carbocycles. The van der Waals surface area contributed by atoms with Gasteiger partial charge in [-0.2, -0.15) is 0 Å². The first-order chi connectivity index (χ1) is 12.7. The molecular weight excluding hydrogens is 352 g/mol. The number of hydrogen-bond acceptors (Lipinski definition) is 5. The van der Waals surface area contributed by atoms with Crippen LogP contribution in [0.25, 0.3) is 0 Å². The lowest BCUT2D eigenvalue weighted by molar-refractivity contribution is 0.0793. The Bertz CT molecular complexity index is 778. The summed E-state index contributed by atoms with van der Waals surface area (Å²) < 4.78 is 6.67. The average Bonchev–Trinajstić information content (AvgIpc) is 3.31. The highest BCUT2D eigenvalue weighted by atomic mass is 32.2. The van der Waals surface area contributed by atoms with Crippen molar-refractivity contribution in [3.63, 3.8) is 0 Å². The summed E-state index contributed by atoms with van der Waals surface area (Å²) in [5.41, 5.74) is 1.62. The van der Waals surface area contributed by atoms with Gasteiger partial charge in [0.2, 0.25) is 0 Å². The van der Waals surface area contributed by atoms with Gasteiger partial charge in [0.05, 0.1) is 0 Å². The fourth-order valence-corrected chi connectivity index (χ4v) is 3.90. The molecule has 0 bridgehead atoms. The van der Waals surface area contributed by atoms with Crippen LogP contribution in [0.1, 0.15) is 35.2 Å². The highest BCUT2D eigenvalue weighted by Crippen LogP contribution is 2.21. The van der Waals surface area contributed by atoms with Gasteiger partial charge in [0.25, 0.3) is 5.91 Å². The van der Waals surface area contributed by atoms with Gasteiger partial charge in [-0.05, 0) is 37.0 Å². The number of ether oxygens (including phenoxy) is 1. The van der Waals surface area contributed by atoms with Crippen LogP contribution in [-0.2, 0) is 17.0 Å². The third kappa shape index (κ3) is 4.56. The molecule has 26 heavy (non-hydrogen) atoms. The standard InChI is InChI=1S/C18H24N4O3S/c1-25-12-4-11-22-17(24)19-20-18(22)26-13-14-5-7-15(8-6-14)16(23)21-9-2-3-10-21/h5-8H,2-4,9-13H2,1H3,(H,19,24). The normalized spacial score (nSPS) is 14.1. The molecule has 7 nitrogen and oxygen atoms in total. The molecule has 1 amide bonds. The lowest BCUT2D eigenvalue weighted by Gasteiger charge is -2.15. The molecule has 8 heteroatoms. The summed E-state index contributed by atoms with van der Waals surface area (Å²) in [4.78, 5) is 26.1. The molecule has 1 N–H and O–H groups in total. The van der Waals surface area contributed by atoms with Crippen molar-refractivity contribution in [1.82, 2.24) is 19.7 Å². The Morgan fingerprint density at radius 2 is 2.00 bits per heavy atom. The Balaban J connectivity index is 1.58. The van der Waals surface area contributed by atoms with Gasteiger partial charge in [-0.1, -0.05) is 23.9 Å². The number of aromatic amines is 1. The SMILES string of the molecule is COCCCn1c(SCc2ccc(C(=O)N3CCCC3)cc2)n[nH]c1=O. The first-order valence-corrected chi connectivity index (χ1v) is 9.83. The Kier molecular flexibility index (Phi) is 6.51. The Morgan fingerprint density at radius 3 is 2.69 bits per heavy atom. The number of likely N-dealkylation sites (tertiary alicyclic amines) is 1. The minimum absolute atomic E-state index is 0.112. The van der Waals surface area contributed by atoms with E-state index in [0.717, 1.165) is 43.5 Å². The molecule has 1 aliphatic heterocycles. The van der Waals surface area contributed by atoms with Gasteiger partial charge in [-0.25, -0.2) is 9.89 Å². The summed E-state index contributed by atoms with van der Waals surface area (Å²) in [6, 6.07) is 7.70. The number of benzene rings is 1. The fraction of sp³-hybridized carbons (Fsp3) is 0.500. The van der Waals surface area contributed by atoms with Gasteiger partial charge >= 0.3 is 5.69 Å². The average molecular weight is 376 g/mol. The molecule has 1 saturated heterocycles. The minimum atomic E-state index is -0.199. The van der Waals surface area contributed by atoms with Crippen LogP contribution < -0.4 is 5.69 Å². The van der Waals surface area contributed by atoms with E-state index < -0.39 is 0 Å². The van der Waals surface area contributed by atoms with Crippen molar-refractivity contribution in [3.8, 4) is 0 Å². The van der Waals surface area contributed by atoms with Gasteiger partial charge in [0.15, 0.2) is 5.16 Å². The lowest BCUT2D eigenvalue weighted by atomic mass is 10.1. The minimum Gasteiger partial charge on any atom is -0.385 e. The molecule has 1 aromatic heterocycles. The van der Waals surface area contributed by atoms with Crippen molar-refractivity contribution in [2.45, 2.75) is 36.7 Å². The van der Waals surface area contributed by atoms with Crippen LogP contribution in [-0.4, -0.2) is 52.4 Å². The highest BCUT2D eigenvalue weighted by molar-refractivity contribution is 7.98. The molecule has 0 unspecified atom stereocenters. The Labute approximate surface area is 156 Å². The van der Waals surface area contributed by atoms with Gasteiger partial charge < -0.3 is 9.64 Å². The van der Waals surface area contributed by atoms with Crippen LogP contribution in [0.3, 0.4) is 0 Å². The number of amides is 1. The molecule has 140 valence electrons. The maximum atomic E-state index is 12.4. The van der Waals surface area contributed by atoms with Crippen LogP contribution in [0.4, 0.5) is 0 Å². The zero-order valence-electron chi connectivity index (χ0n) is 14.9. The first kappa shape index (κ1) is 18.7. The van der Waals surface area contributed by atoms with Gasteiger partial charge in [0.1, 0.15) is 0 Å². The summed E-state index contributed by atoms with van der Waals surface area (Å²) >= 11 is 1.50. The van der Waals surface area contributed by atoms with E-state index in [9.17, 15) is 9.59 Å². The molecule has 1 aromatic carbocycles. The van der Waals surface area contributed by atoms with Crippen molar-refractivity contribution < 1.29 is 9.53 Å². The van der Waals surface area contributed by atoms with Crippen molar-refractivity contribution in [3.05, 3.63) is 45.9 Å². The number of nitrogens with zero attached hydrogens (tertiary/aromatic N) is 3. The third-order valence-corrected chi connectivity index (χ3v) is 5.46. The van der Waals surface area contributed by atoms with Crippen LogP contribution in [0, 0.1) is 0 Å². The van der Waals surface area contributed by atoms with E-state index in [4.69, 9.17) is 4.74 Å². The summed E-state index contributed by atoms with van der Waals surface area (Å²) in [5.74, 6) is 0.799. The predicted octanol–water partition coefficient (Wildman–Crippen LogP) is 2.14. The van der Waals surface area contributed by atoms with Crippen LogP contribution >= 0.6 is 11.8 Å². The highest BCUT2D eigenvalue weighted by Gasteiger charge is 2.19. The summed E-state index contributed by atoms with van der Waals surface area (Å²) in [6.45, 7) is 2.90. The molecule has 3 rings (SSSR count). The number of aromatic nitrogens is 3. The second-order valence-electron chi connectivity index (χ2n) is 6.29. The summed E-state index contributed by atoms with van der Waals surface area (Å²) in [7, 11) is 1.64. The zero-order chi connectivity index (χ0) is 18.4. The molecular formula is C18H24N4O3S. The molecule has 1 aliphatic rings. The topological polar surface area (TPSA) is 80.2 Å². The smallest absolute Gasteiger partial charge is 0.343 e. The molecule has 2 aromatic rings. The van der Waals surface area contributed by atoms with E-state index in [2.05, 4.69) is 10.2 Å². The lowest BCUT2D eigenvalue weighted by Crippen LogP contribution is -2.27. The number of carbonyl (C=O) groups excluding carboxylic acids is 1. The maximum Gasteiger partial charge on any atom is 0.343 e. The second-order valence-corrected chi connectivity index (χ2v) is 7.24. The number of hydrogen-bond donors (Lipinski definition) is 1. The van der Waals surface area contributed by atoms with E-state index in [0.29, 0.717) is 24.1 Å². The molecule has 0 saturated carbocycles. The number of methoxy groups -OCH3 is 1. The van der Waals surface area contributed by atoms with E-state index in [1.807, 2.05) is 29.2 Å². The Morgan fingerprint density at radius 1 is 1.27 bits per heavy atom. The van der Waals surface area contributed by atoms with Crippen molar-refractivity contribution >= 4 is 17.7 Å². The van der Waals surface area contributed by atoms with Crippen LogP contribution in [0.15, 0.2) is 34.2 Å². The summed E-state index contributed by atoms with van der Waals surface area (Å²) in [5, 5.41) is 7.27. The third-order valence-electron chi connectivity index (χ3n) is 4.42. The number of rotatable bonds is 8. The van der Waals surface area contributed by atoms with Crippen molar-refractivity contribution in [2.75, 3.05) is 26.8 Å². The molecule has 1 fully saturated rings. The van der Waals surface area contributed by atoms with Crippen molar-refractivity contribution in [2.24, 2.45) is 0 Å². The number of thioether (sulfide) groups is 1. The molecule has 0 radical (unpaired) electrons. The quantitative estimate of drug-likeness (QED) is 0.564. The van der Waals surface area contributed by atoms with Gasteiger partial charge in [-0.15, -0.1) is 5.10 Å². The molecule has 0 atom stereocenters. The van der Waals surface area contributed by atoms with Crippen LogP contribution in [0.2, 0.25) is 0 Å². The maximum absolute atomic E-state index is 12.4. The van der Waals surface area contributed by atoms with Crippen molar-refractivity contribution in [1.29, 1.82) is 0 Å². The number of H-pyrrole nitrogens is 1. The van der Waals surface area contributed by atoms with E-state index in [1.165, 1.54) is 11.8 Å². The predicted molar refractivity (Wildman–Crippen MR) is 100 cm³/mol. The first-order valence-electron chi connectivity index (χ1n) is 8.84. The van der Waals surface area contributed by atoms with Gasteiger partial charge in [0, 0.05) is 44.7 Å². The zero-order valence-corrected chi connectivity index (χ0v) is 15.8. The number of carbonyl (C=O) groups is 1. The molecule has 2 heterocycles. The fourth-order valence-electron chi connectivity index (χ4n) is 2.97. The summed E-state index contributed by atoms with van der Waals surface area (Å²) in [6.07, 6.45) is 2.95. The monoisotopic (exact) mass is 376 g/mol.